The normalized spacial score (nSPS) is 19.3. The van der Waals surface area contributed by atoms with Crippen LogP contribution in [0.25, 0.3) is 0 Å². The van der Waals surface area contributed by atoms with Crippen LogP contribution in [-0.4, -0.2) is 27.2 Å². The van der Waals surface area contributed by atoms with Crippen molar-refractivity contribution in [3.63, 3.8) is 0 Å². The fraction of sp³-hybridized carbons (Fsp3) is 0.684. The van der Waals surface area contributed by atoms with Gasteiger partial charge in [-0.25, -0.2) is 4.99 Å². The first kappa shape index (κ1) is 21.4. The van der Waals surface area contributed by atoms with Gasteiger partial charge in [0.25, 0.3) is 0 Å². The molecule has 1 saturated carbocycles. The predicted molar refractivity (Wildman–Crippen MR) is 111 cm³/mol. The molecule has 1 aliphatic rings. The van der Waals surface area contributed by atoms with Gasteiger partial charge < -0.3 is 5.73 Å². The molecule has 1 aliphatic carbocycles. The third-order valence-corrected chi connectivity index (χ3v) is 5.56. The number of amides is 1. The topological polar surface area (TPSA) is 58.7 Å². The molecule has 4 nitrogen and oxygen atoms in total. The molecule has 0 radical (unpaired) electrons. The zero-order valence-corrected chi connectivity index (χ0v) is 17.3. The van der Waals surface area contributed by atoms with Gasteiger partial charge in [0.1, 0.15) is 0 Å². The number of likely N-dealkylation sites (N-methyl/N-ethyl adjacent to an activating group) is 1. The minimum Gasteiger partial charge on any atom is -0.320 e. The number of hydrogen-bond acceptors (Lipinski definition) is 3. The van der Waals surface area contributed by atoms with Crippen LogP contribution < -0.4 is 5.73 Å². The Morgan fingerprint density at radius 1 is 1.29 bits per heavy atom. The van der Waals surface area contributed by atoms with E-state index in [1.165, 1.54) is 50.5 Å². The second kappa shape index (κ2) is 11.8. The number of carbonyl (C=O) groups is 1. The molecule has 0 aromatic carbocycles. The van der Waals surface area contributed by atoms with E-state index in [0.29, 0.717) is 22.7 Å². The number of allylic oxidation sites excluding steroid dienone is 2. The van der Waals surface area contributed by atoms with E-state index in [2.05, 4.69) is 34.2 Å². The summed E-state index contributed by atoms with van der Waals surface area (Å²) < 4.78 is 0.675. The maximum Gasteiger partial charge on any atom is 0.245 e. The van der Waals surface area contributed by atoms with Gasteiger partial charge in [0.05, 0.1) is 6.04 Å². The van der Waals surface area contributed by atoms with Gasteiger partial charge in [-0.05, 0) is 37.7 Å². The summed E-state index contributed by atoms with van der Waals surface area (Å²) in [4.78, 5) is 18.5. The van der Waals surface area contributed by atoms with E-state index in [1.807, 2.05) is 26.1 Å². The molecule has 1 amide bonds. The van der Waals surface area contributed by atoms with Crippen LogP contribution in [0.5, 0.6) is 0 Å². The van der Waals surface area contributed by atoms with Gasteiger partial charge in [-0.2, -0.15) is 0 Å². The highest BCUT2D eigenvalue weighted by atomic mass is 127. The maximum atomic E-state index is 12.3. The Bertz CT molecular complexity index is 465. The zero-order valence-electron chi connectivity index (χ0n) is 15.1. The van der Waals surface area contributed by atoms with Crippen molar-refractivity contribution in [2.45, 2.75) is 71.3 Å². The molecule has 0 aromatic heterocycles. The first-order valence-corrected chi connectivity index (χ1v) is 10.3. The minimum absolute atomic E-state index is 0.0624. The second-order valence-electron chi connectivity index (χ2n) is 6.37. The zero-order chi connectivity index (χ0) is 17.9. The van der Waals surface area contributed by atoms with Gasteiger partial charge in [0, 0.05) is 35.3 Å². The van der Waals surface area contributed by atoms with Crippen molar-refractivity contribution in [3.05, 3.63) is 24.4 Å². The molecule has 0 bridgehead atoms. The molecule has 2 N–H and O–H groups in total. The maximum absolute atomic E-state index is 12.3. The van der Waals surface area contributed by atoms with E-state index in [0.717, 1.165) is 0 Å². The van der Waals surface area contributed by atoms with Crippen LogP contribution in [0.4, 0.5) is 0 Å². The SMILES string of the molecule is C=C/C(=C\N=C(/I)N(CC)C(=O)C(N)CC)C1CCCCCCC1. The summed E-state index contributed by atoms with van der Waals surface area (Å²) in [6.07, 6.45) is 13.5. The molecule has 24 heavy (non-hydrogen) atoms. The molecule has 1 atom stereocenters. The fourth-order valence-corrected chi connectivity index (χ4v) is 3.78. The number of hydrogen-bond donors (Lipinski definition) is 1. The molecule has 0 aliphatic heterocycles. The summed E-state index contributed by atoms with van der Waals surface area (Å²) in [5.41, 5.74) is 7.07. The summed E-state index contributed by atoms with van der Waals surface area (Å²) in [7, 11) is 0. The van der Waals surface area contributed by atoms with E-state index >= 15 is 0 Å². The largest absolute Gasteiger partial charge is 0.320 e. The standard InChI is InChI=1S/C19H32IN3O/c1-4-15(16-12-10-8-7-9-11-13-16)14-22-19(20)23(6-3)18(24)17(21)5-2/h4,14,16-17H,1,5-13,21H2,2-3H3/b15-14+,22-19+. The van der Waals surface area contributed by atoms with Crippen molar-refractivity contribution in [1.82, 2.24) is 4.90 Å². The van der Waals surface area contributed by atoms with Gasteiger partial charge in [0.2, 0.25) is 5.91 Å². The van der Waals surface area contributed by atoms with Crippen molar-refractivity contribution < 1.29 is 4.79 Å². The van der Waals surface area contributed by atoms with Crippen LogP contribution in [0.15, 0.2) is 29.4 Å². The molecule has 1 unspecified atom stereocenters. The van der Waals surface area contributed by atoms with Crippen LogP contribution in [0.2, 0.25) is 0 Å². The van der Waals surface area contributed by atoms with E-state index in [-0.39, 0.29) is 5.91 Å². The lowest BCUT2D eigenvalue weighted by Gasteiger charge is -2.22. The quantitative estimate of drug-likeness (QED) is 0.210. The Kier molecular flexibility index (Phi) is 10.5. The van der Waals surface area contributed by atoms with Crippen molar-refractivity contribution in [2.24, 2.45) is 16.6 Å². The predicted octanol–water partition coefficient (Wildman–Crippen LogP) is 4.79. The minimum atomic E-state index is -0.460. The monoisotopic (exact) mass is 445 g/mol. The van der Waals surface area contributed by atoms with Gasteiger partial charge in [-0.3, -0.25) is 9.69 Å². The Labute approximate surface area is 160 Å². The first-order valence-electron chi connectivity index (χ1n) is 9.17. The third kappa shape index (κ3) is 6.67. The van der Waals surface area contributed by atoms with Crippen LogP contribution in [-0.2, 0) is 4.79 Å². The highest BCUT2D eigenvalue weighted by Gasteiger charge is 2.21. The molecule has 0 aromatic rings. The molecule has 1 fully saturated rings. The summed E-state index contributed by atoms with van der Waals surface area (Å²) in [6, 6.07) is -0.460. The summed E-state index contributed by atoms with van der Waals surface area (Å²) in [5, 5.41) is 0. The van der Waals surface area contributed by atoms with Crippen LogP contribution >= 0.6 is 22.6 Å². The van der Waals surface area contributed by atoms with Crippen LogP contribution in [0.3, 0.4) is 0 Å². The van der Waals surface area contributed by atoms with Crippen molar-refractivity contribution in [1.29, 1.82) is 0 Å². The number of rotatable bonds is 6. The van der Waals surface area contributed by atoms with Crippen molar-refractivity contribution in [3.8, 4) is 0 Å². The van der Waals surface area contributed by atoms with E-state index in [1.54, 1.807) is 4.90 Å². The molecule has 0 heterocycles. The summed E-state index contributed by atoms with van der Waals surface area (Å²) >= 11 is 2.12. The Balaban J connectivity index is 2.87. The van der Waals surface area contributed by atoms with Crippen molar-refractivity contribution >= 4 is 32.3 Å². The molecule has 136 valence electrons. The molecule has 0 saturated heterocycles. The summed E-state index contributed by atoms with van der Waals surface area (Å²) in [6.45, 7) is 8.41. The lowest BCUT2D eigenvalue weighted by Crippen LogP contribution is -2.44. The van der Waals surface area contributed by atoms with E-state index in [4.69, 9.17) is 5.73 Å². The van der Waals surface area contributed by atoms with E-state index in [9.17, 15) is 4.79 Å². The lowest BCUT2D eigenvalue weighted by atomic mass is 9.86. The van der Waals surface area contributed by atoms with Gasteiger partial charge in [-0.1, -0.05) is 51.7 Å². The lowest BCUT2D eigenvalue weighted by molar-refractivity contribution is -0.128. The average molecular weight is 445 g/mol. The second-order valence-corrected chi connectivity index (χ2v) is 7.34. The van der Waals surface area contributed by atoms with Gasteiger partial charge >= 0.3 is 0 Å². The number of aliphatic imine (C=N–C) groups is 1. The molecule has 1 rings (SSSR count). The third-order valence-electron chi connectivity index (χ3n) is 4.69. The molecular weight excluding hydrogens is 413 g/mol. The Morgan fingerprint density at radius 3 is 2.38 bits per heavy atom. The smallest absolute Gasteiger partial charge is 0.245 e. The Hall–Kier alpha value is -0.690. The molecule has 0 spiro atoms. The summed E-state index contributed by atoms with van der Waals surface area (Å²) in [5.74, 6) is 0.479. The average Bonchev–Trinajstić information content (AvgIpc) is 2.56. The Morgan fingerprint density at radius 2 is 1.88 bits per heavy atom. The van der Waals surface area contributed by atoms with Gasteiger partial charge in [0.15, 0.2) is 3.84 Å². The number of amidine groups is 1. The van der Waals surface area contributed by atoms with Crippen molar-refractivity contribution in [2.75, 3.05) is 6.54 Å². The highest BCUT2D eigenvalue weighted by molar-refractivity contribution is 14.1. The van der Waals surface area contributed by atoms with Crippen LogP contribution in [0, 0.1) is 5.92 Å². The highest BCUT2D eigenvalue weighted by Crippen LogP contribution is 2.28. The number of halogens is 1. The number of nitrogens with zero attached hydrogens (tertiary/aromatic N) is 2. The van der Waals surface area contributed by atoms with Crippen LogP contribution in [0.1, 0.15) is 65.2 Å². The van der Waals surface area contributed by atoms with E-state index < -0.39 is 6.04 Å². The fourth-order valence-electron chi connectivity index (χ4n) is 3.06. The van der Waals surface area contributed by atoms with Gasteiger partial charge in [-0.15, -0.1) is 0 Å². The molecular formula is C19H32IN3O. The molecule has 5 heteroatoms. The number of carbonyl (C=O) groups excluding carboxylic acids is 1. The number of nitrogens with two attached hydrogens (primary N) is 1. The first-order chi connectivity index (χ1) is 11.5.